The number of fused-ring (bicyclic) bond motifs is 10. The maximum absolute atomic E-state index is 5.11. The average molecular weight is 486 g/mol. The van der Waals surface area contributed by atoms with Crippen LogP contribution in [0.2, 0.25) is 0 Å². The van der Waals surface area contributed by atoms with E-state index in [1.165, 1.54) is 55.2 Å². The molecule has 0 N–H and O–H groups in total. The predicted octanol–water partition coefficient (Wildman–Crippen LogP) is 8.75. The van der Waals surface area contributed by atoms with Crippen molar-refractivity contribution in [3.8, 4) is 22.3 Å². The van der Waals surface area contributed by atoms with E-state index in [0.717, 1.165) is 27.6 Å². The van der Waals surface area contributed by atoms with Crippen LogP contribution < -0.4 is 0 Å². The highest BCUT2D eigenvalue weighted by molar-refractivity contribution is 6.22. The molecule has 0 amide bonds. The zero-order valence-electron chi connectivity index (χ0n) is 21.2. The minimum Gasteiger partial charge on any atom is -0.291 e. The Morgan fingerprint density at radius 3 is 2.18 bits per heavy atom. The first-order valence-electron chi connectivity index (χ1n) is 13.2. The zero-order chi connectivity index (χ0) is 25.2. The van der Waals surface area contributed by atoms with Crippen molar-refractivity contribution >= 4 is 49.4 Å². The fourth-order valence-electron chi connectivity index (χ4n) is 6.88. The number of para-hydroxylation sites is 3. The van der Waals surface area contributed by atoms with E-state index in [1.54, 1.807) is 0 Å². The van der Waals surface area contributed by atoms with Gasteiger partial charge in [-0.05, 0) is 57.6 Å². The SMILES string of the molecule is CC1(C)c2ccccc2-c2cc(-c3ccc4c5cccc6c7nc8ccccc8nc7n(c4c3)c56)ccc21. The number of benzene rings is 5. The average Bonchev–Trinajstić information content (AvgIpc) is 3.54. The molecule has 3 aromatic heterocycles. The standard InChI is InChI=1S/C35H23N3/c1-35(2)27-11-4-3-8-22(27)26-18-20(15-17-28(26)35)21-14-16-23-24-9-7-10-25-32-34(38(33(24)25)31(23)19-21)37-30-13-6-5-12-29(30)36-32/h3-19H,1-2H3. The normalized spacial score (nSPS) is 14.3. The molecule has 38 heavy (non-hydrogen) atoms. The summed E-state index contributed by atoms with van der Waals surface area (Å²) in [6.45, 7) is 4.66. The van der Waals surface area contributed by atoms with Crippen LogP contribution in [0, 0.1) is 0 Å². The first-order valence-corrected chi connectivity index (χ1v) is 13.2. The van der Waals surface area contributed by atoms with Gasteiger partial charge in [-0.1, -0.05) is 92.7 Å². The highest BCUT2D eigenvalue weighted by atomic mass is 15.0. The van der Waals surface area contributed by atoms with Crippen molar-refractivity contribution in [3.05, 3.63) is 114 Å². The fraction of sp³-hybridized carbons (Fsp3) is 0.0857. The maximum Gasteiger partial charge on any atom is 0.165 e. The Balaban J connectivity index is 1.34. The third-order valence-electron chi connectivity index (χ3n) is 8.72. The smallest absolute Gasteiger partial charge is 0.165 e. The zero-order valence-corrected chi connectivity index (χ0v) is 21.2. The molecule has 3 nitrogen and oxygen atoms in total. The van der Waals surface area contributed by atoms with Crippen LogP contribution in [0.15, 0.2) is 103 Å². The number of rotatable bonds is 1. The van der Waals surface area contributed by atoms with E-state index in [2.05, 4.69) is 97.1 Å². The molecular formula is C35H23N3. The van der Waals surface area contributed by atoms with Gasteiger partial charge in [-0.3, -0.25) is 4.40 Å². The number of aromatic nitrogens is 3. The van der Waals surface area contributed by atoms with Crippen molar-refractivity contribution < 1.29 is 0 Å². The quantitative estimate of drug-likeness (QED) is 0.233. The summed E-state index contributed by atoms with van der Waals surface area (Å²) in [6, 6.07) is 37.4. The molecule has 9 rings (SSSR count). The Hall–Kier alpha value is -4.76. The first-order chi connectivity index (χ1) is 18.6. The number of hydrogen-bond acceptors (Lipinski definition) is 2. The van der Waals surface area contributed by atoms with Crippen LogP contribution in [-0.2, 0) is 5.41 Å². The Bertz CT molecular complexity index is 2270. The van der Waals surface area contributed by atoms with Crippen LogP contribution in [0.3, 0.4) is 0 Å². The molecule has 0 saturated carbocycles. The van der Waals surface area contributed by atoms with Crippen LogP contribution in [0.25, 0.3) is 71.6 Å². The molecule has 0 unspecified atom stereocenters. The molecule has 1 aliphatic rings. The Morgan fingerprint density at radius 2 is 1.29 bits per heavy atom. The first kappa shape index (κ1) is 20.3. The summed E-state index contributed by atoms with van der Waals surface area (Å²) >= 11 is 0. The summed E-state index contributed by atoms with van der Waals surface area (Å²) in [7, 11) is 0. The van der Waals surface area contributed by atoms with Crippen molar-refractivity contribution in [3.63, 3.8) is 0 Å². The van der Waals surface area contributed by atoms with E-state index in [4.69, 9.17) is 9.97 Å². The van der Waals surface area contributed by atoms with Gasteiger partial charge in [0.25, 0.3) is 0 Å². The highest BCUT2D eigenvalue weighted by Crippen LogP contribution is 2.49. The van der Waals surface area contributed by atoms with Crippen LogP contribution in [0.4, 0.5) is 0 Å². The van der Waals surface area contributed by atoms with Gasteiger partial charge < -0.3 is 0 Å². The van der Waals surface area contributed by atoms with Gasteiger partial charge in [-0.25, -0.2) is 9.97 Å². The molecule has 0 spiro atoms. The van der Waals surface area contributed by atoms with E-state index < -0.39 is 0 Å². The molecule has 0 aliphatic heterocycles. The molecule has 0 fully saturated rings. The minimum absolute atomic E-state index is 0.0150. The molecular weight excluding hydrogens is 462 g/mol. The van der Waals surface area contributed by atoms with Gasteiger partial charge in [-0.2, -0.15) is 0 Å². The molecule has 0 radical (unpaired) electrons. The predicted molar refractivity (Wildman–Crippen MR) is 157 cm³/mol. The summed E-state index contributed by atoms with van der Waals surface area (Å²) in [5.41, 5.74) is 14.1. The Labute approximate surface area is 219 Å². The van der Waals surface area contributed by atoms with Crippen LogP contribution in [0.1, 0.15) is 25.0 Å². The molecule has 5 aromatic carbocycles. The third kappa shape index (κ3) is 2.39. The van der Waals surface area contributed by atoms with Gasteiger partial charge in [0.15, 0.2) is 5.65 Å². The lowest BCUT2D eigenvalue weighted by Crippen LogP contribution is -2.14. The van der Waals surface area contributed by atoms with Crippen molar-refractivity contribution in [2.75, 3.05) is 0 Å². The van der Waals surface area contributed by atoms with E-state index in [-0.39, 0.29) is 5.41 Å². The molecule has 1 aliphatic carbocycles. The van der Waals surface area contributed by atoms with Crippen molar-refractivity contribution in [1.82, 2.24) is 14.4 Å². The van der Waals surface area contributed by atoms with Crippen LogP contribution >= 0.6 is 0 Å². The number of hydrogen-bond donors (Lipinski definition) is 0. The van der Waals surface area contributed by atoms with E-state index in [1.807, 2.05) is 24.3 Å². The number of nitrogens with zero attached hydrogens (tertiary/aromatic N) is 3. The maximum atomic E-state index is 5.11. The van der Waals surface area contributed by atoms with Crippen molar-refractivity contribution in [2.45, 2.75) is 19.3 Å². The molecule has 0 bridgehead atoms. The van der Waals surface area contributed by atoms with Crippen LogP contribution in [0.5, 0.6) is 0 Å². The van der Waals surface area contributed by atoms with Crippen molar-refractivity contribution in [1.29, 1.82) is 0 Å². The summed E-state index contributed by atoms with van der Waals surface area (Å²) in [5, 5.41) is 3.65. The second-order valence-electron chi connectivity index (χ2n) is 11.1. The van der Waals surface area contributed by atoms with Crippen LogP contribution in [-0.4, -0.2) is 14.4 Å². The van der Waals surface area contributed by atoms with Gasteiger partial charge in [0.1, 0.15) is 5.52 Å². The second kappa shape index (κ2) is 6.76. The Kier molecular flexibility index (Phi) is 3.61. The molecule has 3 heteroatoms. The molecule has 0 saturated heterocycles. The summed E-state index contributed by atoms with van der Waals surface area (Å²) in [4.78, 5) is 10.2. The lowest BCUT2D eigenvalue weighted by Gasteiger charge is -2.21. The molecule has 178 valence electrons. The fourth-order valence-corrected chi connectivity index (χ4v) is 6.88. The lowest BCUT2D eigenvalue weighted by atomic mass is 9.82. The van der Waals surface area contributed by atoms with Gasteiger partial charge in [0, 0.05) is 21.6 Å². The van der Waals surface area contributed by atoms with Gasteiger partial charge >= 0.3 is 0 Å². The molecule has 0 atom stereocenters. The largest absolute Gasteiger partial charge is 0.291 e. The molecule has 8 aromatic rings. The Morgan fingerprint density at radius 1 is 0.579 bits per heavy atom. The van der Waals surface area contributed by atoms with Crippen molar-refractivity contribution in [2.24, 2.45) is 0 Å². The summed E-state index contributed by atoms with van der Waals surface area (Å²) < 4.78 is 2.32. The lowest BCUT2D eigenvalue weighted by molar-refractivity contribution is 0.660. The van der Waals surface area contributed by atoms with E-state index in [9.17, 15) is 0 Å². The second-order valence-corrected chi connectivity index (χ2v) is 11.1. The summed E-state index contributed by atoms with van der Waals surface area (Å²) in [6.07, 6.45) is 0. The highest BCUT2D eigenvalue weighted by Gasteiger charge is 2.35. The van der Waals surface area contributed by atoms with Gasteiger partial charge in [0.2, 0.25) is 0 Å². The monoisotopic (exact) mass is 485 g/mol. The minimum atomic E-state index is 0.0150. The van der Waals surface area contributed by atoms with Gasteiger partial charge in [-0.15, -0.1) is 0 Å². The molecule has 3 heterocycles. The third-order valence-corrected chi connectivity index (χ3v) is 8.72. The van der Waals surface area contributed by atoms with E-state index in [0.29, 0.717) is 0 Å². The topological polar surface area (TPSA) is 30.2 Å². The summed E-state index contributed by atoms with van der Waals surface area (Å²) in [5.74, 6) is 0. The van der Waals surface area contributed by atoms with Gasteiger partial charge in [0.05, 0.1) is 22.1 Å². The van der Waals surface area contributed by atoms with E-state index >= 15 is 0 Å².